The maximum absolute atomic E-state index is 10.1. The number of nitrogens with two attached hydrogens (primary N) is 1. The molecular formula is C4H3Cl2N3O2. The number of hydrogen-bond donors (Lipinski definition) is 2. The van der Waals surface area contributed by atoms with Crippen LogP contribution in [0.4, 0.5) is 4.79 Å². The second-order valence-electron chi connectivity index (χ2n) is 1.57. The van der Waals surface area contributed by atoms with E-state index in [-0.39, 0.29) is 16.3 Å². The Morgan fingerprint density at radius 1 is 1.64 bits per heavy atom. The van der Waals surface area contributed by atoms with Crippen LogP contribution in [-0.4, -0.2) is 16.1 Å². The van der Waals surface area contributed by atoms with Crippen molar-refractivity contribution in [1.82, 2.24) is 9.97 Å². The Bertz CT molecular complexity index is 265. The van der Waals surface area contributed by atoms with Crippen LogP contribution in [0.25, 0.3) is 0 Å². The zero-order valence-electron chi connectivity index (χ0n) is 5.10. The summed E-state index contributed by atoms with van der Waals surface area (Å²) < 4.78 is 4.32. The van der Waals surface area contributed by atoms with Crippen molar-refractivity contribution in [3.63, 3.8) is 0 Å². The van der Waals surface area contributed by atoms with Crippen LogP contribution >= 0.6 is 23.2 Å². The predicted molar refractivity (Wildman–Crippen MR) is 38.8 cm³/mol. The number of halogens is 2. The largest absolute Gasteiger partial charge is 0.412 e. The van der Waals surface area contributed by atoms with Gasteiger partial charge in [-0.2, -0.15) is 4.98 Å². The van der Waals surface area contributed by atoms with Crippen LogP contribution in [0.1, 0.15) is 0 Å². The minimum atomic E-state index is -0.980. The maximum Gasteiger partial charge on any atom is 0.412 e. The number of carbonyl (C=O) groups is 1. The monoisotopic (exact) mass is 195 g/mol. The number of imidazole rings is 1. The van der Waals surface area contributed by atoms with Crippen molar-refractivity contribution in [3.8, 4) is 6.01 Å². The molecule has 1 aromatic rings. The van der Waals surface area contributed by atoms with Crippen molar-refractivity contribution in [2.75, 3.05) is 0 Å². The third kappa shape index (κ3) is 1.99. The molecule has 3 N–H and O–H groups in total. The molecule has 1 rings (SSSR count). The summed E-state index contributed by atoms with van der Waals surface area (Å²) >= 11 is 10.8. The second kappa shape index (κ2) is 2.98. The van der Waals surface area contributed by atoms with Crippen LogP contribution in [0.2, 0.25) is 10.3 Å². The van der Waals surface area contributed by atoms with E-state index in [0.29, 0.717) is 0 Å². The molecule has 0 aromatic carbocycles. The van der Waals surface area contributed by atoms with Crippen LogP contribution in [0.5, 0.6) is 6.01 Å². The van der Waals surface area contributed by atoms with E-state index in [1.165, 1.54) is 0 Å². The summed E-state index contributed by atoms with van der Waals surface area (Å²) in [5.41, 5.74) is 4.68. The van der Waals surface area contributed by atoms with Gasteiger partial charge in [0.25, 0.3) is 0 Å². The van der Waals surface area contributed by atoms with Crippen molar-refractivity contribution in [2.45, 2.75) is 0 Å². The van der Waals surface area contributed by atoms with Crippen LogP contribution in [0.3, 0.4) is 0 Å². The molecule has 7 heteroatoms. The summed E-state index contributed by atoms with van der Waals surface area (Å²) in [4.78, 5) is 16.0. The number of hydrogen-bond acceptors (Lipinski definition) is 3. The summed E-state index contributed by atoms with van der Waals surface area (Å²) in [5.74, 6) is 0. The van der Waals surface area contributed by atoms with Gasteiger partial charge in [-0.1, -0.05) is 23.2 Å². The molecular weight excluding hydrogens is 193 g/mol. The number of aromatic amines is 1. The normalized spacial score (nSPS) is 9.64. The molecule has 0 unspecified atom stereocenters. The Kier molecular flexibility index (Phi) is 2.21. The summed E-state index contributed by atoms with van der Waals surface area (Å²) in [6, 6.07) is -0.118. The number of amides is 1. The second-order valence-corrected chi connectivity index (χ2v) is 2.30. The number of primary amides is 1. The number of H-pyrrole nitrogens is 1. The van der Waals surface area contributed by atoms with E-state index >= 15 is 0 Å². The molecule has 1 heterocycles. The number of nitrogens with zero attached hydrogens (tertiary/aromatic N) is 1. The number of rotatable bonds is 1. The molecule has 0 radical (unpaired) electrons. The Balaban J connectivity index is 2.81. The van der Waals surface area contributed by atoms with E-state index in [1.807, 2.05) is 0 Å². The lowest BCUT2D eigenvalue weighted by Gasteiger charge is -1.90. The standard InChI is InChI=1S/C4H3Cl2N3O2/c5-1-2(6)9-4(8-1)11-3(7)10/h(H2,7,10)(H,8,9). The average molecular weight is 196 g/mol. The fraction of sp³-hybridized carbons (Fsp3) is 0. The SMILES string of the molecule is NC(=O)Oc1nc(Cl)c(Cl)[nH]1. The first-order valence-corrected chi connectivity index (χ1v) is 3.23. The van der Waals surface area contributed by atoms with Gasteiger partial charge in [0, 0.05) is 0 Å². The van der Waals surface area contributed by atoms with Gasteiger partial charge in [-0.15, -0.1) is 0 Å². The van der Waals surface area contributed by atoms with Crippen molar-refractivity contribution < 1.29 is 9.53 Å². The van der Waals surface area contributed by atoms with E-state index < -0.39 is 6.09 Å². The summed E-state index contributed by atoms with van der Waals surface area (Å²) in [5, 5.41) is 0.130. The van der Waals surface area contributed by atoms with Gasteiger partial charge < -0.3 is 10.5 Å². The van der Waals surface area contributed by atoms with Crippen molar-refractivity contribution in [3.05, 3.63) is 10.3 Å². The van der Waals surface area contributed by atoms with E-state index in [0.717, 1.165) is 0 Å². The molecule has 0 fully saturated rings. The lowest BCUT2D eigenvalue weighted by atomic mass is 10.9. The first-order valence-electron chi connectivity index (χ1n) is 2.48. The highest BCUT2D eigenvalue weighted by Gasteiger charge is 2.07. The lowest BCUT2D eigenvalue weighted by molar-refractivity contribution is 0.207. The molecule has 0 aliphatic carbocycles. The summed E-state index contributed by atoms with van der Waals surface area (Å²) in [7, 11) is 0. The van der Waals surface area contributed by atoms with Crippen LogP contribution < -0.4 is 10.5 Å². The molecule has 11 heavy (non-hydrogen) atoms. The zero-order valence-corrected chi connectivity index (χ0v) is 6.61. The number of carbonyl (C=O) groups excluding carboxylic acids is 1. The third-order valence-corrected chi connectivity index (χ3v) is 1.44. The molecule has 0 aliphatic rings. The molecule has 1 aromatic heterocycles. The van der Waals surface area contributed by atoms with Crippen LogP contribution in [-0.2, 0) is 0 Å². The predicted octanol–water partition coefficient (Wildman–Crippen LogP) is 1.17. The minimum absolute atomic E-state index is 0.0305. The van der Waals surface area contributed by atoms with Gasteiger partial charge in [0.05, 0.1) is 0 Å². The van der Waals surface area contributed by atoms with E-state index in [4.69, 9.17) is 23.2 Å². The van der Waals surface area contributed by atoms with Crippen molar-refractivity contribution in [2.24, 2.45) is 5.73 Å². The quantitative estimate of drug-likeness (QED) is 0.707. The van der Waals surface area contributed by atoms with Gasteiger partial charge in [0.2, 0.25) is 0 Å². The molecule has 0 saturated carbocycles. The zero-order chi connectivity index (χ0) is 8.43. The smallest absolute Gasteiger partial charge is 0.376 e. The van der Waals surface area contributed by atoms with Gasteiger partial charge >= 0.3 is 12.1 Å². The molecule has 0 spiro atoms. The Labute approximate surface area is 71.4 Å². The van der Waals surface area contributed by atoms with E-state index in [1.54, 1.807) is 0 Å². The van der Waals surface area contributed by atoms with Gasteiger partial charge in [-0.3, -0.25) is 4.98 Å². The molecule has 60 valence electrons. The average Bonchev–Trinajstić information content (AvgIpc) is 2.10. The first kappa shape index (κ1) is 8.16. The number of nitrogens with one attached hydrogen (secondary N) is 1. The Hall–Kier alpha value is -0.940. The highest BCUT2D eigenvalue weighted by Crippen LogP contribution is 2.21. The molecule has 0 aliphatic heterocycles. The van der Waals surface area contributed by atoms with E-state index in [2.05, 4.69) is 20.4 Å². The van der Waals surface area contributed by atoms with Gasteiger partial charge in [0.1, 0.15) is 5.15 Å². The minimum Gasteiger partial charge on any atom is -0.376 e. The molecule has 1 amide bonds. The highest BCUT2D eigenvalue weighted by molar-refractivity contribution is 6.40. The fourth-order valence-electron chi connectivity index (χ4n) is 0.455. The van der Waals surface area contributed by atoms with Crippen molar-refractivity contribution in [1.29, 1.82) is 0 Å². The number of aromatic nitrogens is 2. The Morgan fingerprint density at radius 2 is 2.27 bits per heavy atom. The molecule has 0 atom stereocenters. The third-order valence-electron chi connectivity index (χ3n) is 0.795. The van der Waals surface area contributed by atoms with E-state index in [9.17, 15) is 4.79 Å². The summed E-state index contributed by atoms with van der Waals surface area (Å²) in [6.45, 7) is 0. The van der Waals surface area contributed by atoms with Crippen LogP contribution in [0, 0.1) is 0 Å². The summed E-state index contributed by atoms with van der Waals surface area (Å²) in [6.07, 6.45) is -0.980. The van der Waals surface area contributed by atoms with Gasteiger partial charge in [-0.25, -0.2) is 4.79 Å². The first-order chi connectivity index (χ1) is 5.09. The van der Waals surface area contributed by atoms with Gasteiger partial charge in [0.15, 0.2) is 5.15 Å². The highest BCUT2D eigenvalue weighted by atomic mass is 35.5. The lowest BCUT2D eigenvalue weighted by Crippen LogP contribution is -2.16. The Morgan fingerprint density at radius 3 is 2.64 bits per heavy atom. The van der Waals surface area contributed by atoms with Crippen LogP contribution in [0.15, 0.2) is 0 Å². The van der Waals surface area contributed by atoms with Gasteiger partial charge in [-0.05, 0) is 0 Å². The van der Waals surface area contributed by atoms with Crippen molar-refractivity contribution >= 4 is 29.3 Å². The number of ether oxygens (including phenoxy) is 1. The topological polar surface area (TPSA) is 81.0 Å². The maximum atomic E-state index is 10.1. The molecule has 5 nitrogen and oxygen atoms in total. The fourth-order valence-corrected chi connectivity index (χ4v) is 0.702. The molecule has 0 saturated heterocycles. The molecule has 0 bridgehead atoms.